The molecule has 1 unspecified atom stereocenters. The summed E-state index contributed by atoms with van der Waals surface area (Å²) >= 11 is 0. The number of piperidine rings is 1. The Morgan fingerprint density at radius 1 is 1.50 bits per heavy atom. The predicted molar refractivity (Wildman–Crippen MR) is 80.9 cm³/mol. The van der Waals surface area contributed by atoms with Crippen LogP contribution in [0.2, 0.25) is 0 Å². The molecule has 3 N–H and O–H groups in total. The number of hydrogen-bond acceptors (Lipinski definition) is 4. The van der Waals surface area contributed by atoms with Crippen molar-refractivity contribution in [2.24, 2.45) is 0 Å². The number of ether oxygens (including phenoxy) is 1. The number of carbonyl (C=O) groups excluding carboxylic acids is 1. The van der Waals surface area contributed by atoms with Gasteiger partial charge in [-0.25, -0.2) is 0 Å². The third-order valence-electron chi connectivity index (χ3n) is 3.82. The van der Waals surface area contributed by atoms with Gasteiger partial charge in [-0.15, -0.1) is 0 Å². The van der Waals surface area contributed by atoms with Crippen LogP contribution in [0.1, 0.15) is 26.2 Å². The second-order valence-corrected chi connectivity index (χ2v) is 5.32. The van der Waals surface area contributed by atoms with Crippen LogP contribution < -0.4 is 15.8 Å². The van der Waals surface area contributed by atoms with E-state index in [9.17, 15) is 4.79 Å². The first-order valence-corrected chi connectivity index (χ1v) is 7.07. The van der Waals surface area contributed by atoms with Crippen LogP contribution in [0, 0.1) is 0 Å². The first kappa shape index (κ1) is 14.7. The van der Waals surface area contributed by atoms with Crippen molar-refractivity contribution in [2.75, 3.05) is 31.2 Å². The summed E-state index contributed by atoms with van der Waals surface area (Å²) in [5.74, 6) is 0.667. The first-order chi connectivity index (χ1) is 9.60. The van der Waals surface area contributed by atoms with Gasteiger partial charge in [0.2, 0.25) is 5.91 Å². The van der Waals surface area contributed by atoms with Crippen LogP contribution in [0.3, 0.4) is 0 Å². The normalized spacial score (nSPS) is 19.6. The Balaban J connectivity index is 1.94. The van der Waals surface area contributed by atoms with E-state index in [-0.39, 0.29) is 5.91 Å². The summed E-state index contributed by atoms with van der Waals surface area (Å²) in [7, 11) is 1.59. The van der Waals surface area contributed by atoms with E-state index < -0.39 is 0 Å². The zero-order chi connectivity index (χ0) is 14.5. The van der Waals surface area contributed by atoms with Crippen molar-refractivity contribution in [3.8, 4) is 5.75 Å². The van der Waals surface area contributed by atoms with Crippen LogP contribution in [0.4, 0.5) is 11.4 Å². The van der Waals surface area contributed by atoms with Crippen molar-refractivity contribution in [1.82, 2.24) is 4.90 Å². The molecule has 1 aromatic carbocycles. The molecule has 1 aliphatic rings. The highest BCUT2D eigenvalue weighted by atomic mass is 16.5. The quantitative estimate of drug-likeness (QED) is 0.827. The molecule has 2 rings (SSSR count). The molecule has 110 valence electrons. The number of hydrogen-bond donors (Lipinski definition) is 2. The molecule has 20 heavy (non-hydrogen) atoms. The zero-order valence-corrected chi connectivity index (χ0v) is 12.2. The number of amides is 1. The van der Waals surface area contributed by atoms with Gasteiger partial charge in [-0.1, -0.05) is 6.42 Å². The molecule has 1 heterocycles. The largest absolute Gasteiger partial charge is 0.497 e. The van der Waals surface area contributed by atoms with E-state index >= 15 is 0 Å². The summed E-state index contributed by atoms with van der Waals surface area (Å²) < 4.78 is 5.09. The summed E-state index contributed by atoms with van der Waals surface area (Å²) in [4.78, 5) is 14.3. The number of carbonyl (C=O) groups is 1. The summed E-state index contributed by atoms with van der Waals surface area (Å²) in [6.07, 6.45) is 3.59. The highest BCUT2D eigenvalue weighted by Crippen LogP contribution is 2.24. The molecule has 1 saturated heterocycles. The van der Waals surface area contributed by atoms with Gasteiger partial charge in [0.1, 0.15) is 5.75 Å². The van der Waals surface area contributed by atoms with Gasteiger partial charge < -0.3 is 15.8 Å². The molecule has 1 aliphatic heterocycles. The summed E-state index contributed by atoms with van der Waals surface area (Å²) in [6, 6.07) is 5.74. The second kappa shape index (κ2) is 6.61. The zero-order valence-electron chi connectivity index (χ0n) is 12.2. The van der Waals surface area contributed by atoms with Gasteiger partial charge in [0.25, 0.3) is 0 Å². The average Bonchev–Trinajstić information content (AvgIpc) is 2.43. The lowest BCUT2D eigenvalue weighted by Gasteiger charge is -2.32. The number of benzene rings is 1. The Hall–Kier alpha value is -1.75. The van der Waals surface area contributed by atoms with E-state index in [1.807, 2.05) is 0 Å². The molecule has 0 radical (unpaired) electrons. The number of likely N-dealkylation sites (tertiary alicyclic amines) is 1. The van der Waals surface area contributed by atoms with Crippen LogP contribution in [-0.4, -0.2) is 37.0 Å². The van der Waals surface area contributed by atoms with Crippen molar-refractivity contribution in [3.63, 3.8) is 0 Å². The third-order valence-corrected chi connectivity index (χ3v) is 3.82. The fourth-order valence-corrected chi connectivity index (χ4v) is 2.55. The van der Waals surface area contributed by atoms with Gasteiger partial charge in [-0.3, -0.25) is 9.69 Å². The van der Waals surface area contributed by atoms with Crippen molar-refractivity contribution >= 4 is 17.3 Å². The summed E-state index contributed by atoms with van der Waals surface area (Å²) in [5.41, 5.74) is 7.05. The van der Waals surface area contributed by atoms with E-state index in [4.69, 9.17) is 10.5 Å². The predicted octanol–water partition coefficient (Wildman–Crippen LogP) is 2.09. The van der Waals surface area contributed by atoms with Crippen molar-refractivity contribution in [1.29, 1.82) is 0 Å². The van der Waals surface area contributed by atoms with Crippen molar-refractivity contribution < 1.29 is 9.53 Å². The molecule has 1 amide bonds. The molecule has 0 spiro atoms. The van der Waals surface area contributed by atoms with Gasteiger partial charge in [0, 0.05) is 12.1 Å². The van der Waals surface area contributed by atoms with Crippen LogP contribution in [0.5, 0.6) is 5.75 Å². The first-order valence-electron chi connectivity index (χ1n) is 7.07. The van der Waals surface area contributed by atoms with E-state index in [0.29, 0.717) is 29.7 Å². The lowest BCUT2D eigenvalue weighted by Crippen LogP contribution is -2.42. The van der Waals surface area contributed by atoms with E-state index in [1.165, 1.54) is 12.8 Å². The number of methoxy groups -OCH3 is 1. The lowest BCUT2D eigenvalue weighted by atomic mass is 10.0. The minimum Gasteiger partial charge on any atom is -0.497 e. The SMILES string of the molecule is COc1ccc(NC(=O)CN2CCCCC2C)c(N)c1. The van der Waals surface area contributed by atoms with E-state index in [2.05, 4.69) is 17.1 Å². The number of nitrogen functional groups attached to an aromatic ring is 1. The Morgan fingerprint density at radius 3 is 2.95 bits per heavy atom. The number of nitrogens with two attached hydrogens (primary N) is 1. The topological polar surface area (TPSA) is 67.6 Å². The number of nitrogens with zero attached hydrogens (tertiary/aromatic N) is 1. The Kier molecular flexibility index (Phi) is 4.84. The Labute approximate surface area is 120 Å². The second-order valence-electron chi connectivity index (χ2n) is 5.32. The molecular weight excluding hydrogens is 254 g/mol. The molecule has 0 aliphatic carbocycles. The monoisotopic (exact) mass is 277 g/mol. The fourth-order valence-electron chi connectivity index (χ4n) is 2.55. The van der Waals surface area contributed by atoms with Gasteiger partial charge in [-0.2, -0.15) is 0 Å². The van der Waals surface area contributed by atoms with E-state index in [0.717, 1.165) is 13.0 Å². The van der Waals surface area contributed by atoms with Crippen molar-refractivity contribution in [2.45, 2.75) is 32.2 Å². The summed E-state index contributed by atoms with van der Waals surface area (Å²) in [6.45, 7) is 3.59. The molecule has 1 aromatic rings. The Morgan fingerprint density at radius 2 is 2.30 bits per heavy atom. The number of anilines is 2. The van der Waals surface area contributed by atoms with Crippen LogP contribution in [-0.2, 0) is 4.79 Å². The minimum absolute atomic E-state index is 0.0179. The third kappa shape index (κ3) is 3.63. The molecule has 0 aromatic heterocycles. The van der Waals surface area contributed by atoms with E-state index in [1.54, 1.807) is 25.3 Å². The molecule has 0 saturated carbocycles. The standard InChI is InChI=1S/C15H23N3O2/c1-11-5-3-4-8-18(11)10-15(19)17-14-7-6-12(20-2)9-13(14)16/h6-7,9,11H,3-5,8,10,16H2,1-2H3,(H,17,19). The van der Waals surface area contributed by atoms with Crippen LogP contribution in [0.15, 0.2) is 18.2 Å². The highest BCUT2D eigenvalue weighted by molar-refractivity contribution is 5.95. The maximum atomic E-state index is 12.1. The molecular formula is C15H23N3O2. The molecule has 5 nitrogen and oxygen atoms in total. The van der Waals surface area contributed by atoms with Gasteiger partial charge >= 0.3 is 0 Å². The lowest BCUT2D eigenvalue weighted by molar-refractivity contribution is -0.118. The number of rotatable bonds is 4. The van der Waals surface area contributed by atoms with Gasteiger partial charge in [0.05, 0.1) is 25.0 Å². The summed E-state index contributed by atoms with van der Waals surface area (Å²) in [5, 5.41) is 2.87. The highest BCUT2D eigenvalue weighted by Gasteiger charge is 2.20. The molecule has 0 bridgehead atoms. The fraction of sp³-hybridized carbons (Fsp3) is 0.533. The average molecular weight is 277 g/mol. The molecule has 1 fully saturated rings. The maximum Gasteiger partial charge on any atom is 0.238 e. The number of nitrogens with one attached hydrogen (secondary N) is 1. The minimum atomic E-state index is -0.0179. The maximum absolute atomic E-state index is 12.1. The van der Waals surface area contributed by atoms with Crippen molar-refractivity contribution in [3.05, 3.63) is 18.2 Å². The van der Waals surface area contributed by atoms with Gasteiger partial charge in [-0.05, 0) is 38.4 Å². The van der Waals surface area contributed by atoms with Crippen LogP contribution >= 0.6 is 0 Å². The smallest absolute Gasteiger partial charge is 0.238 e. The molecule has 1 atom stereocenters. The Bertz CT molecular complexity index is 476. The molecule has 5 heteroatoms. The van der Waals surface area contributed by atoms with Crippen LogP contribution in [0.25, 0.3) is 0 Å². The van der Waals surface area contributed by atoms with Gasteiger partial charge in [0.15, 0.2) is 0 Å².